The molecule has 2 aromatic carbocycles. The Balaban J connectivity index is 2.26. The summed E-state index contributed by atoms with van der Waals surface area (Å²) in [6.45, 7) is 6.01. The number of carbonyl (C=O) groups excluding carboxylic acids is 2. The maximum Gasteiger partial charge on any atom is 0.242 e. The van der Waals surface area contributed by atoms with Crippen LogP contribution in [0.2, 0.25) is 10.0 Å². The topological polar surface area (TPSA) is 49.4 Å². The summed E-state index contributed by atoms with van der Waals surface area (Å²) < 4.78 is 0.917. The Morgan fingerprint density at radius 1 is 1.14 bits per heavy atom. The first kappa shape index (κ1) is 23.7. The molecule has 1 N–H and O–H groups in total. The van der Waals surface area contributed by atoms with Crippen molar-refractivity contribution in [1.82, 2.24) is 10.2 Å². The molecule has 2 aromatic rings. The van der Waals surface area contributed by atoms with Gasteiger partial charge in [0.2, 0.25) is 11.8 Å². The molecule has 0 unspecified atom stereocenters. The fourth-order valence-corrected chi connectivity index (χ4v) is 3.73. The molecular formula is C22H25BrCl2N2O2. The quantitative estimate of drug-likeness (QED) is 0.511. The summed E-state index contributed by atoms with van der Waals surface area (Å²) >= 11 is 15.7. The SMILES string of the molecule is CC[C@H](C)NC(=O)[C@@H](C)N(Cc1cccc(Br)c1)C(=O)Cc1ccc(Cl)cc1Cl. The highest BCUT2D eigenvalue weighted by Gasteiger charge is 2.27. The summed E-state index contributed by atoms with van der Waals surface area (Å²) in [6, 6.07) is 12.2. The molecule has 4 nitrogen and oxygen atoms in total. The lowest BCUT2D eigenvalue weighted by molar-refractivity contribution is -0.140. The van der Waals surface area contributed by atoms with Gasteiger partial charge >= 0.3 is 0 Å². The van der Waals surface area contributed by atoms with E-state index in [4.69, 9.17) is 23.2 Å². The van der Waals surface area contributed by atoms with Gasteiger partial charge < -0.3 is 10.2 Å². The summed E-state index contributed by atoms with van der Waals surface area (Å²) in [7, 11) is 0. The molecular weight excluding hydrogens is 475 g/mol. The summed E-state index contributed by atoms with van der Waals surface area (Å²) in [5, 5.41) is 3.91. The third-order valence-corrected chi connectivity index (χ3v) is 5.85. The molecule has 156 valence electrons. The van der Waals surface area contributed by atoms with E-state index in [-0.39, 0.29) is 24.3 Å². The summed E-state index contributed by atoms with van der Waals surface area (Å²) in [5.74, 6) is -0.356. The highest BCUT2D eigenvalue weighted by molar-refractivity contribution is 9.10. The van der Waals surface area contributed by atoms with Crippen LogP contribution in [0.3, 0.4) is 0 Å². The van der Waals surface area contributed by atoms with Crippen LogP contribution >= 0.6 is 39.1 Å². The molecule has 7 heteroatoms. The van der Waals surface area contributed by atoms with Gasteiger partial charge in [0.25, 0.3) is 0 Å². The van der Waals surface area contributed by atoms with Crippen LogP contribution in [-0.2, 0) is 22.6 Å². The average molecular weight is 500 g/mol. The van der Waals surface area contributed by atoms with E-state index in [2.05, 4.69) is 21.2 Å². The molecule has 0 aliphatic rings. The zero-order valence-electron chi connectivity index (χ0n) is 16.7. The molecule has 0 spiro atoms. The van der Waals surface area contributed by atoms with Gasteiger partial charge in [0.05, 0.1) is 6.42 Å². The second kappa shape index (κ2) is 11.0. The molecule has 0 saturated carbocycles. The first-order chi connectivity index (χ1) is 13.7. The number of halogens is 3. The first-order valence-electron chi connectivity index (χ1n) is 9.49. The highest BCUT2D eigenvalue weighted by Crippen LogP contribution is 2.23. The van der Waals surface area contributed by atoms with Crippen LogP contribution in [0.4, 0.5) is 0 Å². The van der Waals surface area contributed by atoms with Crippen LogP contribution in [0, 0.1) is 0 Å². The van der Waals surface area contributed by atoms with Gasteiger partial charge in [-0.1, -0.05) is 64.3 Å². The minimum Gasteiger partial charge on any atom is -0.352 e. The fourth-order valence-electron chi connectivity index (χ4n) is 2.81. The zero-order chi connectivity index (χ0) is 21.6. The maximum absolute atomic E-state index is 13.2. The average Bonchev–Trinajstić information content (AvgIpc) is 2.67. The van der Waals surface area contributed by atoms with E-state index < -0.39 is 6.04 Å². The number of nitrogens with zero attached hydrogens (tertiary/aromatic N) is 1. The molecule has 0 aromatic heterocycles. The zero-order valence-corrected chi connectivity index (χ0v) is 19.8. The molecule has 0 aliphatic carbocycles. The van der Waals surface area contributed by atoms with Crippen molar-refractivity contribution in [3.63, 3.8) is 0 Å². The van der Waals surface area contributed by atoms with Crippen molar-refractivity contribution in [3.05, 3.63) is 68.1 Å². The van der Waals surface area contributed by atoms with Gasteiger partial charge in [0.15, 0.2) is 0 Å². The van der Waals surface area contributed by atoms with E-state index in [1.54, 1.807) is 30.0 Å². The Morgan fingerprint density at radius 3 is 2.48 bits per heavy atom. The number of hydrogen-bond acceptors (Lipinski definition) is 2. The Kier molecular flexibility index (Phi) is 9.00. The van der Waals surface area contributed by atoms with Gasteiger partial charge in [-0.3, -0.25) is 9.59 Å². The van der Waals surface area contributed by atoms with Crippen molar-refractivity contribution >= 4 is 50.9 Å². The fraction of sp³-hybridized carbons (Fsp3) is 0.364. The standard InChI is InChI=1S/C22H25BrCl2N2O2/c1-4-14(2)26-22(29)15(3)27(13-16-6-5-7-18(23)10-16)21(28)11-17-8-9-19(24)12-20(17)25/h5-10,12,14-15H,4,11,13H2,1-3H3,(H,26,29)/t14-,15+/m0/s1. The van der Waals surface area contributed by atoms with Crippen LogP contribution in [-0.4, -0.2) is 28.8 Å². The van der Waals surface area contributed by atoms with Crippen molar-refractivity contribution in [2.75, 3.05) is 0 Å². The first-order valence-corrected chi connectivity index (χ1v) is 11.0. The van der Waals surface area contributed by atoms with Crippen molar-refractivity contribution in [2.24, 2.45) is 0 Å². The Morgan fingerprint density at radius 2 is 1.86 bits per heavy atom. The predicted octanol–water partition coefficient (Wildman–Crippen LogP) is 5.63. The predicted molar refractivity (Wildman–Crippen MR) is 122 cm³/mol. The third-order valence-electron chi connectivity index (χ3n) is 4.77. The lowest BCUT2D eigenvalue weighted by Crippen LogP contribution is -2.49. The van der Waals surface area contributed by atoms with Crippen LogP contribution < -0.4 is 5.32 Å². The molecule has 2 atom stereocenters. The minimum absolute atomic E-state index is 0.0403. The van der Waals surface area contributed by atoms with Crippen LogP contribution in [0.5, 0.6) is 0 Å². The van der Waals surface area contributed by atoms with Crippen LogP contribution in [0.1, 0.15) is 38.3 Å². The molecule has 2 amide bonds. The van der Waals surface area contributed by atoms with Gasteiger partial charge in [-0.15, -0.1) is 0 Å². The molecule has 0 aliphatic heterocycles. The van der Waals surface area contributed by atoms with E-state index in [1.165, 1.54) is 0 Å². The van der Waals surface area contributed by atoms with Gasteiger partial charge in [0.1, 0.15) is 6.04 Å². The van der Waals surface area contributed by atoms with Gasteiger partial charge in [-0.25, -0.2) is 0 Å². The van der Waals surface area contributed by atoms with Crippen LogP contribution in [0.15, 0.2) is 46.9 Å². The number of carbonyl (C=O) groups is 2. The molecule has 29 heavy (non-hydrogen) atoms. The lowest BCUT2D eigenvalue weighted by Gasteiger charge is -2.30. The minimum atomic E-state index is -0.624. The second-order valence-corrected chi connectivity index (χ2v) is 8.82. The van der Waals surface area contributed by atoms with Gasteiger partial charge in [-0.2, -0.15) is 0 Å². The maximum atomic E-state index is 13.2. The summed E-state index contributed by atoms with van der Waals surface area (Å²) in [6.07, 6.45) is 0.906. The normalized spacial score (nSPS) is 12.9. The van der Waals surface area contributed by atoms with E-state index >= 15 is 0 Å². The lowest BCUT2D eigenvalue weighted by atomic mass is 10.1. The van der Waals surface area contributed by atoms with Gasteiger partial charge in [0, 0.05) is 27.1 Å². The molecule has 0 bridgehead atoms. The van der Waals surface area contributed by atoms with E-state index in [9.17, 15) is 9.59 Å². The van der Waals surface area contributed by atoms with E-state index in [0.29, 0.717) is 22.2 Å². The number of hydrogen-bond donors (Lipinski definition) is 1. The summed E-state index contributed by atoms with van der Waals surface area (Å²) in [5.41, 5.74) is 1.60. The third kappa shape index (κ3) is 7.02. The number of amides is 2. The van der Waals surface area contributed by atoms with Crippen molar-refractivity contribution in [1.29, 1.82) is 0 Å². The Labute approximate surface area is 190 Å². The van der Waals surface area contributed by atoms with Crippen molar-refractivity contribution in [3.8, 4) is 0 Å². The van der Waals surface area contributed by atoms with Crippen molar-refractivity contribution in [2.45, 2.75) is 52.2 Å². The number of nitrogens with one attached hydrogen (secondary N) is 1. The van der Waals surface area contributed by atoms with Crippen molar-refractivity contribution < 1.29 is 9.59 Å². The Bertz CT molecular complexity index is 876. The Hall–Kier alpha value is -1.56. The summed E-state index contributed by atoms with van der Waals surface area (Å²) in [4.78, 5) is 27.5. The smallest absolute Gasteiger partial charge is 0.242 e. The second-order valence-electron chi connectivity index (χ2n) is 7.06. The molecule has 0 saturated heterocycles. The molecule has 0 radical (unpaired) electrons. The van der Waals surface area contributed by atoms with E-state index in [1.807, 2.05) is 38.1 Å². The molecule has 2 rings (SSSR count). The monoisotopic (exact) mass is 498 g/mol. The van der Waals surface area contributed by atoms with E-state index in [0.717, 1.165) is 16.5 Å². The van der Waals surface area contributed by atoms with Crippen LogP contribution in [0.25, 0.3) is 0 Å². The highest BCUT2D eigenvalue weighted by atomic mass is 79.9. The number of rotatable bonds is 8. The molecule has 0 heterocycles. The molecule has 0 fully saturated rings. The van der Waals surface area contributed by atoms with Gasteiger partial charge in [-0.05, 0) is 55.7 Å². The largest absolute Gasteiger partial charge is 0.352 e. The number of benzene rings is 2.